The molecule has 2 aromatic rings. The molecule has 0 spiro atoms. The molecule has 0 N–H and O–H groups in total. The predicted molar refractivity (Wildman–Crippen MR) is 82.4 cm³/mol. The molecule has 0 amide bonds. The second kappa shape index (κ2) is 5.74. The van der Waals surface area contributed by atoms with Crippen LogP contribution in [0.2, 0.25) is 0 Å². The molecule has 0 atom stereocenters. The first-order valence-corrected chi connectivity index (χ1v) is 10.00. The lowest BCUT2D eigenvalue weighted by Gasteiger charge is -2.03. The Labute approximate surface area is 135 Å². The van der Waals surface area contributed by atoms with Gasteiger partial charge in [0, 0.05) is 24.9 Å². The van der Waals surface area contributed by atoms with Crippen LogP contribution in [0.4, 0.5) is 0 Å². The van der Waals surface area contributed by atoms with Crippen LogP contribution in [0.15, 0.2) is 10.6 Å². The summed E-state index contributed by atoms with van der Waals surface area (Å²) in [6.45, 7) is 0.809. The number of aromatic nitrogens is 4. The molecule has 7 nitrogen and oxygen atoms in total. The van der Waals surface area contributed by atoms with Crippen molar-refractivity contribution >= 4 is 9.84 Å². The van der Waals surface area contributed by atoms with E-state index in [0.29, 0.717) is 17.4 Å². The van der Waals surface area contributed by atoms with Crippen molar-refractivity contribution in [3.05, 3.63) is 29.2 Å². The fraction of sp³-hybridized carbons (Fsp3) is 0.667. The van der Waals surface area contributed by atoms with Crippen molar-refractivity contribution in [2.75, 3.05) is 0 Å². The average molecular weight is 336 g/mol. The van der Waals surface area contributed by atoms with E-state index in [1.165, 1.54) is 12.8 Å². The lowest BCUT2D eigenvalue weighted by molar-refractivity contribution is 0.357. The van der Waals surface area contributed by atoms with Crippen LogP contribution in [-0.4, -0.2) is 28.3 Å². The summed E-state index contributed by atoms with van der Waals surface area (Å²) in [6.07, 6.45) is 6.50. The standard InChI is InChI=1S/C15H20N4O3S/c20-23(21,10-15-17-16-14-6-3-7-19(14)15)9-12-8-13(22-18-12)11-4-1-2-5-11/h8,11H,1-7,9-10H2. The van der Waals surface area contributed by atoms with Crippen molar-refractivity contribution in [1.82, 2.24) is 19.9 Å². The van der Waals surface area contributed by atoms with Crippen molar-refractivity contribution in [2.24, 2.45) is 0 Å². The highest BCUT2D eigenvalue weighted by molar-refractivity contribution is 7.89. The van der Waals surface area contributed by atoms with Gasteiger partial charge >= 0.3 is 0 Å². The summed E-state index contributed by atoms with van der Waals surface area (Å²) >= 11 is 0. The van der Waals surface area contributed by atoms with Crippen LogP contribution >= 0.6 is 0 Å². The molecule has 0 bridgehead atoms. The topological polar surface area (TPSA) is 90.9 Å². The van der Waals surface area contributed by atoms with E-state index in [0.717, 1.165) is 43.8 Å². The molecule has 1 aliphatic carbocycles. The lowest BCUT2D eigenvalue weighted by Crippen LogP contribution is -2.12. The van der Waals surface area contributed by atoms with E-state index in [2.05, 4.69) is 15.4 Å². The van der Waals surface area contributed by atoms with Crippen molar-refractivity contribution in [1.29, 1.82) is 0 Å². The average Bonchev–Trinajstić information content (AvgIpc) is 3.22. The zero-order valence-electron chi connectivity index (χ0n) is 12.9. The SMILES string of the molecule is O=S(=O)(Cc1cc(C2CCCC2)on1)Cc1nnc2n1CCC2. The lowest BCUT2D eigenvalue weighted by atomic mass is 10.1. The van der Waals surface area contributed by atoms with Gasteiger partial charge in [-0.3, -0.25) is 0 Å². The molecule has 2 aliphatic rings. The van der Waals surface area contributed by atoms with Gasteiger partial charge in [0.1, 0.15) is 23.2 Å². The summed E-state index contributed by atoms with van der Waals surface area (Å²) in [5, 5.41) is 12.0. The largest absolute Gasteiger partial charge is 0.361 e. The molecule has 0 aromatic carbocycles. The van der Waals surface area contributed by atoms with E-state index in [1.54, 1.807) is 0 Å². The number of hydrogen-bond donors (Lipinski definition) is 0. The first-order valence-electron chi connectivity index (χ1n) is 8.17. The van der Waals surface area contributed by atoms with Crippen LogP contribution in [0.1, 0.15) is 61.1 Å². The molecule has 1 aliphatic heterocycles. The number of rotatable bonds is 5. The van der Waals surface area contributed by atoms with Crippen molar-refractivity contribution < 1.29 is 12.9 Å². The number of nitrogens with zero attached hydrogens (tertiary/aromatic N) is 4. The third-order valence-electron chi connectivity index (χ3n) is 4.74. The number of sulfone groups is 1. The minimum Gasteiger partial charge on any atom is -0.361 e. The van der Waals surface area contributed by atoms with Gasteiger partial charge in [-0.2, -0.15) is 0 Å². The van der Waals surface area contributed by atoms with Gasteiger partial charge in [0.25, 0.3) is 0 Å². The Morgan fingerprint density at radius 3 is 2.83 bits per heavy atom. The first-order chi connectivity index (χ1) is 11.1. The third kappa shape index (κ3) is 3.04. The molecule has 124 valence electrons. The van der Waals surface area contributed by atoms with Gasteiger partial charge in [-0.1, -0.05) is 18.0 Å². The van der Waals surface area contributed by atoms with Crippen LogP contribution in [0.5, 0.6) is 0 Å². The maximum absolute atomic E-state index is 12.4. The van der Waals surface area contributed by atoms with Crippen molar-refractivity contribution in [2.45, 2.75) is 62.5 Å². The second-order valence-electron chi connectivity index (χ2n) is 6.52. The summed E-state index contributed by atoms with van der Waals surface area (Å²) in [7, 11) is -3.34. The molecule has 23 heavy (non-hydrogen) atoms. The van der Waals surface area contributed by atoms with Gasteiger partial charge in [-0.05, 0) is 19.3 Å². The van der Waals surface area contributed by atoms with Crippen LogP contribution in [0, 0.1) is 0 Å². The summed E-state index contributed by atoms with van der Waals surface area (Å²) in [6, 6.07) is 1.81. The van der Waals surface area contributed by atoms with Crippen molar-refractivity contribution in [3.63, 3.8) is 0 Å². The minimum absolute atomic E-state index is 0.0916. The number of fused-ring (bicyclic) bond motifs is 1. The van der Waals surface area contributed by atoms with Crippen LogP contribution in [-0.2, 0) is 34.3 Å². The van der Waals surface area contributed by atoms with Crippen LogP contribution < -0.4 is 0 Å². The van der Waals surface area contributed by atoms with E-state index < -0.39 is 9.84 Å². The summed E-state index contributed by atoms with van der Waals surface area (Å²) in [5.41, 5.74) is 0.494. The maximum Gasteiger partial charge on any atom is 0.163 e. The summed E-state index contributed by atoms with van der Waals surface area (Å²) in [4.78, 5) is 0. The Bertz CT molecular complexity index is 803. The Kier molecular flexibility index (Phi) is 3.71. The van der Waals surface area contributed by atoms with Crippen LogP contribution in [0.25, 0.3) is 0 Å². The molecule has 0 radical (unpaired) electrons. The molecule has 0 saturated heterocycles. The third-order valence-corrected chi connectivity index (χ3v) is 6.17. The van der Waals surface area contributed by atoms with Gasteiger partial charge in [-0.15, -0.1) is 10.2 Å². The summed E-state index contributed by atoms with van der Waals surface area (Å²) < 4.78 is 32.1. The molecular formula is C15H20N4O3S. The first kappa shape index (κ1) is 14.9. The number of aryl methyl sites for hydroxylation is 1. The number of hydrogen-bond acceptors (Lipinski definition) is 6. The molecule has 4 rings (SSSR count). The highest BCUT2D eigenvalue weighted by Crippen LogP contribution is 2.34. The van der Waals surface area contributed by atoms with Gasteiger partial charge in [0.05, 0.1) is 11.4 Å². The van der Waals surface area contributed by atoms with Gasteiger partial charge in [0.15, 0.2) is 9.84 Å². The Morgan fingerprint density at radius 2 is 2.00 bits per heavy atom. The zero-order chi connectivity index (χ0) is 15.9. The fourth-order valence-corrected chi connectivity index (χ4v) is 4.89. The van der Waals surface area contributed by atoms with E-state index in [4.69, 9.17) is 4.52 Å². The second-order valence-corrected chi connectivity index (χ2v) is 8.59. The fourth-order valence-electron chi connectivity index (χ4n) is 3.59. The van der Waals surface area contributed by atoms with Gasteiger partial charge in [-0.25, -0.2) is 8.42 Å². The monoisotopic (exact) mass is 336 g/mol. The smallest absolute Gasteiger partial charge is 0.163 e. The van der Waals surface area contributed by atoms with Crippen LogP contribution in [0.3, 0.4) is 0 Å². The quantitative estimate of drug-likeness (QED) is 0.829. The highest BCUT2D eigenvalue weighted by Gasteiger charge is 2.25. The molecule has 0 unspecified atom stereocenters. The van der Waals surface area contributed by atoms with Gasteiger partial charge in [0.2, 0.25) is 0 Å². The molecule has 2 aromatic heterocycles. The molecule has 1 saturated carbocycles. The highest BCUT2D eigenvalue weighted by atomic mass is 32.2. The van der Waals surface area contributed by atoms with Gasteiger partial charge < -0.3 is 9.09 Å². The summed E-state index contributed by atoms with van der Waals surface area (Å²) in [5.74, 6) is 2.46. The van der Waals surface area contributed by atoms with E-state index in [9.17, 15) is 8.42 Å². The maximum atomic E-state index is 12.4. The molecule has 1 fully saturated rings. The normalized spacial score (nSPS) is 18.6. The Balaban J connectivity index is 1.46. The zero-order valence-corrected chi connectivity index (χ0v) is 13.8. The van der Waals surface area contributed by atoms with E-state index in [-0.39, 0.29) is 11.5 Å². The van der Waals surface area contributed by atoms with E-state index in [1.807, 2.05) is 10.6 Å². The Morgan fingerprint density at radius 1 is 1.17 bits per heavy atom. The molecule has 3 heterocycles. The predicted octanol–water partition coefficient (Wildman–Crippen LogP) is 1.98. The molecular weight excluding hydrogens is 316 g/mol. The Hall–Kier alpha value is -1.70. The van der Waals surface area contributed by atoms with E-state index >= 15 is 0 Å². The van der Waals surface area contributed by atoms with Crippen molar-refractivity contribution in [3.8, 4) is 0 Å². The molecule has 8 heteroatoms. The minimum atomic E-state index is -3.34.